The van der Waals surface area contributed by atoms with Gasteiger partial charge in [0.25, 0.3) is 5.56 Å². The second-order valence-corrected chi connectivity index (χ2v) is 6.93. The third-order valence-electron chi connectivity index (χ3n) is 5.28. The summed E-state index contributed by atoms with van der Waals surface area (Å²) in [5.41, 5.74) is 1.08. The van der Waals surface area contributed by atoms with E-state index < -0.39 is 0 Å². The summed E-state index contributed by atoms with van der Waals surface area (Å²) < 4.78 is 1.48. The van der Waals surface area contributed by atoms with Crippen molar-refractivity contribution in [3.05, 3.63) is 64.8 Å². The van der Waals surface area contributed by atoms with Crippen LogP contribution in [0.3, 0.4) is 0 Å². The second kappa shape index (κ2) is 6.80. The molecule has 6 nitrogen and oxygen atoms in total. The van der Waals surface area contributed by atoms with E-state index in [1.54, 1.807) is 24.5 Å². The number of fused-ring (bicyclic) bond motifs is 1. The molecule has 0 N–H and O–H groups in total. The third-order valence-corrected chi connectivity index (χ3v) is 5.28. The normalized spacial score (nSPS) is 23.0. The van der Waals surface area contributed by atoms with Crippen LogP contribution in [0.4, 0.5) is 0 Å². The minimum atomic E-state index is -0.128. The minimum absolute atomic E-state index is 0.0454. The molecule has 0 spiro atoms. The summed E-state index contributed by atoms with van der Waals surface area (Å²) in [5, 5.41) is 0. The van der Waals surface area contributed by atoms with Gasteiger partial charge in [-0.1, -0.05) is 12.1 Å². The molecule has 2 aliphatic rings. The summed E-state index contributed by atoms with van der Waals surface area (Å²) in [5.74, 6) is 0.581. The molecule has 0 saturated carbocycles. The average Bonchev–Trinajstić information content (AvgIpc) is 3.18. The predicted octanol–water partition coefficient (Wildman–Crippen LogP) is 0.976. The van der Waals surface area contributed by atoms with Crippen molar-refractivity contribution >= 4 is 5.91 Å². The zero-order valence-electron chi connectivity index (χ0n) is 14.1. The van der Waals surface area contributed by atoms with Crippen LogP contribution in [0.15, 0.2) is 53.7 Å². The molecule has 25 heavy (non-hydrogen) atoms. The highest BCUT2D eigenvalue weighted by Gasteiger charge is 2.42. The van der Waals surface area contributed by atoms with E-state index in [-0.39, 0.29) is 24.1 Å². The van der Waals surface area contributed by atoms with Crippen molar-refractivity contribution in [1.29, 1.82) is 0 Å². The maximum atomic E-state index is 12.7. The van der Waals surface area contributed by atoms with Crippen LogP contribution in [0.2, 0.25) is 0 Å². The van der Waals surface area contributed by atoms with Crippen molar-refractivity contribution in [3.8, 4) is 0 Å². The van der Waals surface area contributed by atoms with E-state index in [1.807, 2.05) is 17.2 Å². The van der Waals surface area contributed by atoms with Crippen molar-refractivity contribution in [1.82, 2.24) is 19.4 Å². The number of likely N-dealkylation sites (tertiary alicyclic amines) is 2. The topological polar surface area (TPSA) is 58.4 Å². The molecule has 0 radical (unpaired) electrons. The number of carbonyl (C=O) groups excluding carboxylic acids is 1. The number of aromatic nitrogens is 2. The second-order valence-electron chi connectivity index (χ2n) is 6.93. The highest BCUT2D eigenvalue weighted by molar-refractivity contribution is 5.76. The zero-order chi connectivity index (χ0) is 17.2. The summed E-state index contributed by atoms with van der Waals surface area (Å²) in [6.07, 6.45) is 6.41. The van der Waals surface area contributed by atoms with Crippen LogP contribution in [0.1, 0.15) is 12.0 Å². The first-order valence-electron chi connectivity index (χ1n) is 8.77. The van der Waals surface area contributed by atoms with Gasteiger partial charge in [0, 0.05) is 56.9 Å². The molecule has 2 saturated heterocycles. The van der Waals surface area contributed by atoms with Gasteiger partial charge in [-0.05, 0) is 30.0 Å². The number of hydrogen-bond acceptors (Lipinski definition) is 4. The smallest absolute Gasteiger partial charge is 0.250 e. The van der Waals surface area contributed by atoms with Crippen LogP contribution in [-0.4, -0.2) is 50.9 Å². The van der Waals surface area contributed by atoms with E-state index in [0.29, 0.717) is 5.92 Å². The fraction of sp³-hybridized carbons (Fsp3) is 0.421. The van der Waals surface area contributed by atoms with Gasteiger partial charge in [0.1, 0.15) is 6.54 Å². The number of nitrogens with zero attached hydrogens (tertiary/aromatic N) is 4. The molecule has 2 aromatic heterocycles. The maximum absolute atomic E-state index is 12.7. The van der Waals surface area contributed by atoms with Crippen molar-refractivity contribution in [2.24, 2.45) is 5.92 Å². The first-order valence-corrected chi connectivity index (χ1v) is 8.77. The van der Waals surface area contributed by atoms with Crippen LogP contribution in [0.5, 0.6) is 0 Å². The van der Waals surface area contributed by atoms with Gasteiger partial charge in [-0.15, -0.1) is 0 Å². The van der Waals surface area contributed by atoms with Crippen molar-refractivity contribution in [2.45, 2.75) is 25.6 Å². The molecule has 2 fully saturated rings. The highest BCUT2D eigenvalue weighted by Crippen LogP contribution is 2.32. The Hall–Kier alpha value is -2.47. The largest absolute Gasteiger partial charge is 0.337 e. The lowest BCUT2D eigenvalue weighted by atomic mass is 10.1. The van der Waals surface area contributed by atoms with Crippen LogP contribution < -0.4 is 5.56 Å². The number of amides is 1. The Balaban J connectivity index is 1.40. The van der Waals surface area contributed by atoms with E-state index in [1.165, 1.54) is 16.2 Å². The monoisotopic (exact) mass is 338 g/mol. The Morgan fingerprint density at radius 2 is 2.12 bits per heavy atom. The summed E-state index contributed by atoms with van der Waals surface area (Å²) in [6, 6.07) is 9.29. The Kier molecular flexibility index (Phi) is 4.36. The van der Waals surface area contributed by atoms with Gasteiger partial charge in [-0.3, -0.25) is 19.5 Å². The first-order chi connectivity index (χ1) is 12.2. The zero-order valence-corrected chi connectivity index (χ0v) is 14.1. The Morgan fingerprint density at radius 1 is 1.20 bits per heavy atom. The number of carbonyl (C=O) groups is 1. The lowest BCUT2D eigenvalue weighted by molar-refractivity contribution is -0.132. The number of hydrogen-bond donors (Lipinski definition) is 0. The molecule has 4 rings (SSSR count). The predicted molar refractivity (Wildman–Crippen MR) is 93.8 cm³/mol. The van der Waals surface area contributed by atoms with Gasteiger partial charge in [0.05, 0.1) is 0 Å². The van der Waals surface area contributed by atoms with E-state index in [2.05, 4.69) is 16.0 Å². The molecule has 6 heteroatoms. The lowest BCUT2D eigenvalue weighted by Gasteiger charge is -2.25. The molecule has 2 aliphatic heterocycles. The molecule has 130 valence electrons. The van der Waals surface area contributed by atoms with Crippen LogP contribution >= 0.6 is 0 Å². The molecule has 0 aliphatic carbocycles. The van der Waals surface area contributed by atoms with Gasteiger partial charge >= 0.3 is 0 Å². The standard InChI is InChI=1S/C19H22N4O2/c24-18-5-1-2-8-22(18)14-19(25)23-9-6-16-12-21(13-17(16)23)11-15-4-3-7-20-10-15/h1-5,7-8,10,16-17H,6,9,11-14H2/t16-,17+/m0/s1. The van der Waals surface area contributed by atoms with Gasteiger partial charge in [-0.25, -0.2) is 0 Å². The Bertz CT molecular complexity index is 804. The van der Waals surface area contributed by atoms with E-state index >= 15 is 0 Å². The molecule has 0 unspecified atom stereocenters. The van der Waals surface area contributed by atoms with Gasteiger partial charge in [0.15, 0.2) is 0 Å². The summed E-state index contributed by atoms with van der Waals surface area (Å²) in [6.45, 7) is 3.73. The molecular weight excluding hydrogens is 316 g/mol. The fourth-order valence-corrected chi connectivity index (χ4v) is 4.07. The van der Waals surface area contributed by atoms with Crippen molar-refractivity contribution < 1.29 is 4.79 Å². The van der Waals surface area contributed by atoms with Crippen molar-refractivity contribution in [2.75, 3.05) is 19.6 Å². The Morgan fingerprint density at radius 3 is 2.92 bits per heavy atom. The number of pyridine rings is 2. The van der Waals surface area contributed by atoms with Crippen LogP contribution in [0.25, 0.3) is 0 Å². The maximum Gasteiger partial charge on any atom is 0.250 e. The van der Waals surface area contributed by atoms with Gasteiger partial charge in [0.2, 0.25) is 5.91 Å². The summed E-state index contributed by atoms with van der Waals surface area (Å²) in [4.78, 5) is 33.1. The first kappa shape index (κ1) is 16.0. The summed E-state index contributed by atoms with van der Waals surface area (Å²) >= 11 is 0. The van der Waals surface area contributed by atoms with Crippen LogP contribution in [-0.2, 0) is 17.9 Å². The van der Waals surface area contributed by atoms with Gasteiger partial charge in [-0.2, -0.15) is 0 Å². The average molecular weight is 338 g/mol. The van der Waals surface area contributed by atoms with E-state index in [4.69, 9.17) is 0 Å². The van der Waals surface area contributed by atoms with E-state index in [0.717, 1.165) is 32.6 Å². The molecule has 2 aromatic rings. The van der Waals surface area contributed by atoms with Gasteiger partial charge < -0.3 is 9.47 Å². The quantitative estimate of drug-likeness (QED) is 0.834. The molecule has 4 heterocycles. The van der Waals surface area contributed by atoms with Crippen LogP contribution in [0, 0.1) is 5.92 Å². The SMILES string of the molecule is O=C(Cn1ccccc1=O)N1CC[C@H]2CN(Cc3cccnc3)C[C@H]21. The highest BCUT2D eigenvalue weighted by atomic mass is 16.2. The van der Waals surface area contributed by atoms with Crippen molar-refractivity contribution in [3.63, 3.8) is 0 Å². The minimum Gasteiger partial charge on any atom is -0.337 e. The molecule has 2 atom stereocenters. The molecule has 1 amide bonds. The molecule has 0 bridgehead atoms. The number of rotatable bonds is 4. The van der Waals surface area contributed by atoms with E-state index in [9.17, 15) is 9.59 Å². The third kappa shape index (κ3) is 3.35. The fourth-order valence-electron chi connectivity index (χ4n) is 4.07. The lowest BCUT2D eigenvalue weighted by Crippen LogP contribution is -2.42. The molecular formula is C19H22N4O2. The molecule has 0 aromatic carbocycles. The Labute approximate surface area is 146 Å². The summed E-state index contributed by atoms with van der Waals surface area (Å²) in [7, 11) is 0.